The second-order valence-electron chi connectivity index (χ2n) is 6.83. The van der Waals surface area contributed by atoms with Crippen molar-refractivity contribution in [3.8, 4) is 22.5 Å². The van der Waals surface area contributed by atoms with E-state index in [1.807, 2.05) is 48.5 Å². The SMILES string of the molecule is [B]n1nnnc1-c1ccccc1-c1ccc(CNc2c(N=O)cccc2C(=O)OC)cc1. The van der Waals surface area contributed by atoms with E-state index in [1.165, 1.54) is 13.2 Å². The van der Waals surface area contributed by atoms with Crippen molar-refractivity contribution >= 4 is 25.3 Å². The van der Waals surface area contributed by atoms with Crippen LogP contribution in [0.4, 0.5) is 11.4 Å². The number of nitrogens with zero attached hydrogens (tertiary/aromatic N) is 5. The molecule has 2 radical (unpaired) electrons. The summed E-state index contributed by atoms with van der Waals surface area (Å²) in [5.74, 6) is -0.0909. The fourth-order valence-corrected chi connectivity index (χ4v) is 3.38. The van der Waals surface area contributed by atoms with Crippen molar-refractivity contribution in [3.05, 3.63) is 82.8 Å². The first-order chi connectivity index (χ1) is 15.6. The summed E-state index contributed by atoms with van der Waals surface area (Å²) < 4.78 is 5.93. The lowest BCUT2D eigenvalue weighted by atomic mass is 9.98. The summed E-state index contributed by atoms with van der Waals surface area (Å²) in [4.78, 5) is 23.2. The minimum absolute atomic E-state index is 0.137. The molecule has 0 saturated carbocycles. The number of hydrogen-bond acceptors (Lipinski definition) is 8. The smallest absolute Gasteiger partial charge is 0.340 e. The van der Waals surface area contributed by atoms with E-state index in [1.54, 1.807) is 12.1 Å². The van der Waals surface area contributed by atoms with Crippen LogP contribution < -0.4 is 5.32 Å². The number of benzene rings is 3. The van der Waals surface area contributed by atoms with Crippen molar-refractivity contribution < 1.29 is 9.53 Å². The fourth-order valence-electron chi connectivity index (χ4n) is 3.38. The van der Waals surface area contributed by atoms with E-state index in [9.17, 15) is 9.70 Å². The van der Waals surface area contributed by atoms with Gasteiger partial charge in [0.1, 0.15) is 5.69 Å². The quantitative estimate of drug-likeness (QED) is 0.273. The van der Waals surface area contributed by atoms with Crippen molar-refractivity contribution in [3.63, 3.8) is 0 Å². The topological polar surface area (TPSA) is 111 Å². The molecule has 0 bridgehead atoms. The highest BCUT2D eigenvalue weighted by Gasteiger charge is 2.16. The Bertz CT molecular complexity index is 1270. The zero-order valence-corrected chi connectivity index (χ0v) is 17.1. The summed E-state index contributed by atoms with van der Waals surface area (Å²) in [6.07, 6.45) is 0. The Hall–Kier alpha value is -4.34. The molecule has 3 aromatic carbocycles. The molecule has 0 spiro atoms. The third-order valence-electron chi connectivity index (χ3n) is 4.94. The van der Waals surface area contributed by atoms with Gasteiger partial charge in [0.2, 0.25) is 0 Å². The first-order valence-electron chi connectivity index (χ1n) is 9.63. The predicted octanol–water partition coefficient (Wildman–Crippen LogP) is 3.74. The summed E-state index contributed by atoms with van der Waals surface area (Å²) in [5, 5.41) is 17.4. The fraction of sp³-hybridized carbons (Fsp3) is 0.0909. The molecule has 9 nitrogen and oxygen atoms in total. The van der Waals surface area contributed by atoms with Crippen LogP contribution in [-0.4, -0.2) is 41.2 Å². The lowest BCUT2D eigenvalue weighted by Gasteiger charge is -2.13. The van der Waals surface area contributed by atoms with Crippen LogP contribution in [0.2, 0.25) is 0 Å². The maximum absolute atomic E-state index is 12.0. The molecule has 0 aliphatic carbocycles. The number of ether oxygens (including phenoxy) is 1. The molecular formula is C22H17BN6O3. The van der Waals surface area contributed by atoms with Gasteiger partial charge in [0.05, 0.1) is 18.4 Å². The number of esters is 1. The number of aromatic nitrogens is 4. The molecule has 0 atom stereocenters. The van der Waals surface area contributed by atoms with E-state index in [-0.39, 0.29) is 11.3 Å². The van der Waals surface area contributed by atoms with Gasteiger partial charge in [-0.2, -0.15) is 0 Å². The number of nitrogens with one attached hydrogen (secondary N) is 1. The van der Waals surface area contributed by atoms with E-state index in [4.69, 9.17) is 12.7 Å². The molecule has 0 saturated heterocycles. The van der Waals surface area contributed by atoms with Gasteiger partial charge in [-0.3, -0.25) is 4.59 Å². The Labute approximate surface area is 184 Å². The highest BCUT2D eigenvalue weighted by molar-refractivity contribution is 6.07. The van der Waals surface area contributed by atoms with Gasteiger partial charge in [-0.1, -0.05) is 59.8 Å². The summed E-state index contributed by atoms with van der Waals surface area (Å²) in [7, 11) is 7.10. The van der Waals surface area contributed by atoms with Crippen molar-refractivity contribution in [2.75, 3.05) is 12.4 Å². The summed E-state index contributed by atoms with van der Waals surface area (Å²) in [5.41, 5.74) is 4.34. The van der Waals surface area contributed by atoms with Crippen molar-refractivity contribution in [2.24, 2.45) is 5.18 Å². The van der Waals surface area contributed by atoms with E-state index in [2.05, 4.69) is 26.0 Å². The van der Waals surface area contributed by atoms with Crippen LogP contribution >= 0.6 is 0 Å². The van der Waals surface area contributed by atoms with Gasteiger partial charge in [0.15, 0.2) is 5.82 Å². The van der Waals surface area contributed by atoms with Gasteiger partial charge in [-0.05, 0) is 39.2 Å². The molecule has 4 aromatic rings. The molecule has 1 heterocycles. The summed E-state index contributed by atoms with van der Waals surface area (Å²) >= 11 is 0. The van der Waals surface area contributed by atoms with E-state index in [0.717, 1.165) is 26.8 Å². The normalized spacial score (nSPS) is 10.5. The lowest BCUT2D eigenvalue weighted by molar-refractivity contribution is 0.0602. The first-order valence-corrected chi connectivity index (χ1v) is 9.63. The average Bonchev–Trinajstić information content (AvgIpc) is 3.28. The van der Waals surface area contributed by atoms with Gasteiger partial charge >= 0.3 is 5.97 Å². The van der Waals surface area contributed by atoms with E-state index < -0.39 is 5.97 Å². The van der Waals surface area contributed by atoms with Gasteiger partial charge in [0.25, 0.3) is 7.98 Å². The van der Waals surface area contributed by atoms with E-state index >= 15 is 0 Å². The first kappa shape index (κ1) is 20.9. The largest absolute Gasteiger partial charge is 0.465 e. The minimum atomic E-state index is -0.549. The van der Waals surface area contributed by atoms with Crippen LogP contribution in [0.25, 0.3) is 22.5 Å². The Morgan fingerprint density at radius 1 is 1.06 bits per heavy atom. The molecule has 0 amide bonds. The second kappa shape index (κ2) is 9.21. The Balaban J connectivity index is 1.58. The molecule has 1 aromatic heterocycles. The number of carbonyl (C=O) groups is 1. The van der Waals surface area contributed by atoms with Gasteiger partial charge in [-0.25, -0.2) is 4.79 Å². The summed E-state index contributed by atoms with van der Waals surface area (Å²) in [6, 6.07) is 20.2. The predicted molar refractivity (Wildman–Crippen MR) is 120 cm³/mol. The molecular weight excluding hydrogens is 407 g/mol. The number of methoxy groups -OCH3 is 1. The van der Waals surface area contributed by atoms with Gasteiger partial charge in [0, 0.05) is 12.1 Å². The maximum Gasteiger partial charge on any atom is 0.340 e. The molecule has 0 aliphatic rings. The number of carbonyl (C=O) groups excluding carboxylic acids is 1. The third kappa shape index (κ3) is 4.11. The Morgan fingerprint density at radius 3 is 2.47 bits per heavy atom. The second-order valence-corrected chi connectivity index (χ2v) is 6.83. The molecule has 10 heteroatoms. The van der Waals surface area contributed by atoms with Crippen LogP contribution in [0.3, 0.4) is 0 Å². The van der Waals surface area contributed by atoms with Gasteiger partial charge in [-0.15, -0.1) is 10.0 Å². The maximum atomic E-state index is 12.0. The van der Waals surface area contributed by atoms with Crippen LogP contribution in [0.5, 0.6) is 0 Å². The zero-order valence-electron chi connectivity index (χ0n) is 17.1. The molecule has 4 rings (SSSR count). The number of rotatable bonds is 7. The highest BCUT2D eigenvalue weighted by Crippen LogP contribution is 2.32. The van der Waals surface area contributed by atoms with Crippen molar-refractivity contribution in [1.82, 2.24) is 20.1 Å². The number of nitroso groups, excluding NO2 is 1. The highest BCUT2D eigenvalue weighted by atomic mass is 16.5. The number of hydrogen-bond donors (Lipinski definition) is 1. The van der Waals surface area contributed by atoms with Gasteiger partial charge < -0.3 is 10.1 Å². The molecule has 0 fully saturated rings. The average molecular weight is 424 g/mol. The van der Waals surface area contributed by atoms with Crippen LogP contribution in [0.15, 0.2) is 71.9 Å². The van der Waals surface area contributed by atoms with E-state index in [0.29, 0.717) is 18.1 Å². The monoisotopic (exact) mass is 424 g/mol. The standard InChI is InChI=1S/C22H17BN6O3/c1-32-22(30)18-7-4-8-19(26-31)20(18)24-13-14-9-11-15(12-10-14)16-5-2-3-6-17(16)21-25-27-28-29(21)23/h2-12,24H,13H2,1H3. The third-order valence-corrected chi connectivity index (χ3v) is 4.94. The summed E-state index contributed by atoms with van der Waals surface area (Å²) in [6.45, 7) is 0.375. The van der Waals surface area contributed by atoms with Crippen molar-refractivity contribution in [2.45, 2.75) is 6.54 Å². The molecule has 0 unspecified atom stereocenters. The van der Waals surface area contributed by atoms with Crippen LogP contribution in [0.1, 0.15) is 15.9 Å². The Morgan fingerprint density at radius 2 is 1.81 bits per heavy atom. The molecule has 0 aliphatic heterocycles. The Kier molecular flexibility index (Phi) is 6.02. The van der Waals surface area contributed by atoms with Crippen molar-refractivity contribution in [1.29, 1.82) is 0 Å². The number of anilines is 1. The molecule has 156 valence electrons. The zero-order chi connectivity index (χ0) is 22.5. The number of para-hydroxylation sites is 1. The molecule has 32 heavy (non-hydrogen) atoms. The lowest BCUT2D eigenvalue weighted by Crippen LogP contribution is -2.08. The van der Waals surface area contributed by atoms with Crippen LogP contribution in [0, 0.1) is 4.91 Å². The number of tetrazole rings is 1. The minimum Gasteiger partial charge on any atom is -0.465 e. The van der Waals surface area contributed by atoms with Crippen LogP contribution in [-0.2, 0) is 11.3 Å². The molecule has 1 N–H and O–H groups in total.